The largest absolute Gasteiger partial charge is 0.480 e. The van der Waals surface area contributed by atoms with E-state index in [0.717, 1.165) is 12.5 Å². The fourth-order valence-corrected chi connectivity index (χ4v) is 1.58. The van der Waals surface area contributed by atoms with Gasteiger partial charge in [-0.05, 0) is 18.8 Å². The van der Waals surface area contributed by atoms with Crippen molar-refractivity contribution in [1.29, 1.82) is 0 Å². The molecule has 1 aliphatic carbocycles. The fraction of sp³-hybridized carbons (Fsp3) is 0.889. The Morgan fingerprint density at radius 2 is 2.31 bits per heavy atom. The lowest BCUT2D eigenvalue weighted by Crippen LogP contribution is -2.29. The number of hydrogen-bond acceptors (Lipinski definition) is 3. The van der Waals surface area contributed by atoms with Crippen molar-refractivity contribution in [1.82, 2.24) is 5.32 Å². The second-order valence-electron chi connectivity index (χ2n) is 3.93. The second kappa shape index (κ2) is 3.64. The van der Waals surface area contributed by atoms with E-state index in [9.17, 15) is 4.79 Å². The molecule has 2 fully saturated rings. The standard InChI is InChI=1S/C9H15NO3/c11-9(12)8-3-7(4-10-8)13-5-6-1-2-6/h6-8,10H,1-5H2,(H,11,12). The minimum Gasteiger partial charge on any atom is -0.480 e. The summed E-state index contributed by atoms with van der Waals surface area (Å²) >= 11 is 0. The molecule has 2 N–H and O–H groups in total. The molecule has 0 radical (unpaired) electrons. The van der Waals surface area contributed by atoms with E-state index in [2.05, 4.69) is 5.32 Å². The third-order valence-corrected chi connectivity index (χ3v) is 2.65. The van der Waals surface area contributed by atoms with Gasteiger partial charge in [0.15, 0.2) is 0 Å². The second-order valence-corrected chi connectivity index (χ2v) is 3.93. The van der Waals surface area contributed by atoms with Crippen LogP contribution in [0, 0.1) is 5.92 Å². The zero-order chi connectivity index (χ0) is 9.26. The van der Waals surface area contributed by atoms with Gasteiger partial charge in [0.1, 0.15) is 6.04 Å². The van der Waals surface area contributed by atoms with Gasteiger partial charge < -0.3 is 15.2 Å². The summed E-state index contributed by atoms with van der Waals surface area (Å²) in [4.78, 5) is 10.6. The van der Waals surface area contributed by atoms with Crippen LogP contribution in [0.5, 0.6) is 0 Å². The van der Waals surface area contributed by atoms with Crippen LogP contribution in [-0.4, -0.2) is 36.4 Å². The van der Waals surface area contributed by atoms with E-state index in [1.54, 1.807) is 0 Å². The molecule has 2 rings (SSSR count). The van der Waals surface area contributed by atoms with Crippen LogP contribution < -0.4 is 5.32 Å². The van der Waals surface area contributed by atoms with E-state index in [-0.39, 0.29) is 6.10 Å². The summed E-state index contributed by atoms with van der Waals surface area (Å²) in [6, 6.07) is -0.399. The number of carbonyl (C=O) groups is 1. The first kappa shape index (κ1) is 8.97. The molecule has 0 aromatic heterocycles. The Bertz CT molecular complexity index is 203. The van der Waals surface area contributed by atoms with Gasteiger partial charge in [0.2, 0.25) is 0 Å². The highest BCUT2D eigenvalue weighted by molar-refractivity contribution is 5.73. The van der Waals surface area contributed by atoms with Crippen LogP contribution >= 0.6 is 0 Å². The molecule has 2 unspecified atom stereocenters. The molecule has 2 atom stereocenters. The molecule has 2 aliphatic rings. The zero-order valence-electron chi connectivity index (χ0n) is 7.53. The van der Waals surface area contributed by atoms with Gasteiger partial charge in [0.25, 0.3) is 0 Å². The van der Waals surface area contributed by atoms with E-state index >= 15 is 0 Å². The van der Waals surface area contributed by atoms with Crippen molar-refractivity contribution < 1.29 is 14.6 Å². The number of carboxylic acid groups (broad SMARTS) is 1. The van der Waals surface area contributed by atoms with Crippen LogP contribution in [0.1, 0.15) is 19.3 Å². The molecule has 13 heavy (non-hydrogen) atoms. The van der Waals surface area contributed by atoms with Crippen molar-refractivity contribution in [3.8, 4) is 0 Å². The minimum absolute atomic E-state index is 0.113. The number of ether oxygens (including phenoxy) is 1. The molecule has 1 saturated carbocycles. The van der Waals surface area contributed by atoms with Crippen LogP contribution in [0.25, 0.3) is 0 Å². The minimum atomic E-state index is -0.766. The Labute approximate surface area is 77.3 Å². The first-order chi connectivity index (χ1) is 6.25. The molecule has 0 bridgehead atoms. The first-order valence-electron chi connectivity index (χ1n) is 4.83. The van der Waals surface area contributed by atoms with Gasteiger partial charge in [-0.1, -0.05) is 0 Å². The molecular formula is C9H15NO3. The van der Waals surface area contributed by atoms with E-state index in [0.29, 0.717) is 13.0 Å². The molecule has 4 heteroatoms. The molecule has 1 heterocycles. The van der Waals surface area contributed by atoms with Gasteiger partial charge in [0.05, 0.1) is 6.10 Å². The van der Waals surface area contributed by atoms with Gasteiger partial charge in [-0.15, -0.1) is 0 Å². The predicted octanol–water partition coefficient (Wildman–Crippen LogP) is 0.228. The van der Waals surface area contributed by atoms with Crippen molar-refractivity contribution in [3.05, 3.63) is 0 Å². The van der Waals surface area contributed by atoms with Gasteiger partial charge >= 0.3 is 5.97 Å². The van der Waals surface area contributed by atoms with Crippen molar-refractivity contribution in [2.75, 3.05) is 13.2 Å². The predicted molar refractivity (Wildman–Crippen MR) is 46.5 cm³/mol. The topological polar surface area (TPSA) is 58.6 Å². The quantitative estimate of drug-likeness (QED) is 0.658. The molecule has 4 nitrogen and oxygen atoms in total. The number of rotatable bonds is 4. The highest BCUT2D eigenvalue weighted by atomic mass is 16.5. The molecule has 0 aromatic rings. The SMILES string of the molecule is O=C(O)C1CC(OCC2CC2)CN1. The lowest BCUT2D eigenvalue weighted by Gasteiger charge is -2.09. The molecule has 74 valence electrons. The van der Waals surface area contributed by atoms with Crippen LogP contribution in [0.2, 0.25) is 0 Å². The molecular weight excluding hydrogens is 170 g/mol. The van der Waals surface area contributed by atoms with Crippen LogP contribution in [0.15, 0.2) is 0 Å². The summed E-state index contributed by atoms with van der Waals surface area (Å²) < 4.78 is 5.58. The first-order valence-corrected chi connectivity index (χ1v) is 4.83. The number of hydrogen-bond donors (Lipinski definition) is 2. The maximum absolute atomic E-state index is 10.6. The fourth-order valence-electron chi connectivity index (χ4n) is 1.58. The van der Waals surface area contributed by atoms with Crippen molar-refractivity contribution in [2.45, 2.75) is 31.4 Å². The smallest absolute Gasteiger partial charge is 0.320 e. The van der Waals surface area contributed by atoms with E-state index < -0.39 is 12.0 Å². The van der Waals surface area contributed by atoms with E-state index in [1.165, 1.54) is 12.8 Å². The van der Waals surface area contributed by atoms with E-state index in [4.69, 9.17) is 9.84 Å². The molecule has 1 saturated heterocycles. The normalized spacial score (nSPS) is 33.5. The molecule has 0 aromatic carbocycles. The Balaban J connectivity index is 1.67. The van der Waals surface area contributed by atoms with Gasteiger partial charge in [-0.3, -0.25) is 4.79 Å². The van der Waals surface area contributed by atoms with Gasteiger partial charge in [-0.2, -0.15) is 0 Å². The zero-order valence-corrected chi connectivity index (χ0v) is 7.53. The van der Waals surface area contributed by atoms with Crippen molar-refractivity contribution in [3.63, 3.8) is 0 Å². The lowest BCUT2D eigenvalue weighted by molar-refractivity contribution is -0.139. The number of aliphatic carboxylic acids is 1. The highest BCUT2D eigenvalue weighted by Crippen LogP contribution is 2.29. The summed E-state index contributed by atoms with van der Waals surface area (Å²) in [6.45, 7) is 1.50. The average Bonchev–Trinajstić information content (AvgIpc) is 2.79. The van der Waals surface area contributed by atoms with Crippen LogP contribution in [-0.2, 0) is 9.53 Å². The Morgan fingerprint density at radius 1 is 1.54 bits per heavy atom. The van der Waals surface area contributed by atoms with Crippen LogP contribution in [0.3, 0.4) is 0 Å². The van der Waals surface area contributed by atoms with Crippen molar-refractivity contribution >= 4 is 5.97 Å². The summed E-state index contributed by atoms with van der Waals surface area (Å²) in [5.41, 5.74) is 0. The third-order valence-electron chi connectivity index (χ3n) is 2.65. The number of carboxylic acids is 1. The summed E-state index contributed by atoms with van der Waals surface area (Å²) in [6.07, 6.45) is 3.29. The summed E-state index contributed by atoms with van der Waals surface area (Å²) in [5, 5.41) is 11.6. The number of nitrogens with one attached hydrogen (secondary N) is 1. The van der Waals surface area contributed by atoms with Gasteiger partial charge in [0, 0.05) is 19.6 Å². The summed E-state index contributed by atoms with van der Waals surface area (Å²) in [5.74, 6) is -0.0126. The maximum atomic E-state index is 10.6. The molecule has 0 spiro atoms. The van der Waals surface area contributed by atoms with Crippen LogP contribution in [0.4, 0.5) is 0 Å². The summed E-state index contributed by atoms with van der Waals surface area (Å²) in [7, 11) is 0. The monoisotopic (exact) mass is 185 g/mol. The lowest BCUT2D eigenvalue weighted by atomic mass is 10.2. The Kier molecular flexibility index (Phi) is 2.51. The average molecular weight is 185 g/mol. The van der Waals surface area contributed by atoms with E-state index in [1.807, 2.05) is 0 Å². The molecule has 0 amide bonds. The Morgan fingerprint density at radius 3 is 2.85 bits per heavy atom. The highest BCUT2D eigenvalue weighted by Gasteiger charge is 2.31. The Hall–Kier alpha value is -0.610. The molecule has 1 aliphatic heterocycles. The maximum Gasteiger partial charge on any atom is 0.320 e. The van der Waals surface area contributed by atoms with Gasteiger partial charge in [-0.25, -0.2) is 0 Å². The van der Waals surface area contributed by atoms with Crippen molar-refractivity contribution in [2.24, 2.45) is 5.92 Å². The third kappa shape index (κ3) is 2.42.